The minimum absolute atomic E-state index is 0.0921. The number of hydrogen-bond acceptors (Lipinski definition) is 7. The highest BCUT2D eigenvalue weighted by Gasteiger charge is 2.32. The molecule has 2 aromatic carbocycles. The molecule has 34 heavy (non-hydrogen) atoms. The third kappa shape index (κ3) is 4.56. The van der Waals surface area contributed by atoms with Crippen molar-refractivity contribution < 1.29 is 23.7 Å². The SMILES string of the molecule is COc1cc(OC)c(-c2cc([C@@H]3COC(C(C)(C)C)=N3)ccc2OC)c(C2=NC(C)(C)CO2)c1. The minimum atomic E-state index is -0.311. The summed E-state index contributed by atoms with van der Waals surface area (Å²) in [6, 6.07) is 9.79. The Balaban J connectivity index is 1.90. The molecular formula is C27H34N2O5. The molecule has 0 aliphatic carbocycles. The zero-order valence-electron chi connectivity index (χ0n) is 21.3. The fraction of sp³-hybridized carbons (Fsp3) is 0.481. The topological polar surface area (TPSA) is 70.9 Å². The van der Waals surface area contributed by atoms with Gasteiger partial charge in [-0.05, 0) is 37.6 Å². The molecule has 7 heteroatoms. The first-order chi connectivity index (χ1) is 16.1. The minimum Gasteiger partial charge on any atom is -0.497 e. The van der Waals surface area contributed by atoms with Gasteiger partial charge in [0, 0.05) is 22.6 Å². The van der Waals surface area contributed by atoms with Crippen molar-refractivity contribution in [3.8, 4) is 28.4 Å². The molecule has 0 bridgehead atoms. The largest absolute Gasteiger partial charge is 0.497 e. The lowest BCUT2D eigenvalue weighted by Gasteiger charge is -2.19. The van der Waals surface area contributed by atoms with Crippen LogP contribution in [0.4, 0.5) is 0 Å². The summed E-state index contributed by atoms with van der Waals surface area (Å²) in [5.74, 6) is 3.34. The van der Waals surface area contributed by atoms with Crippen molar-refractivity contribution in [3.05, 3.63) is 41.5 Å². The summed E-state index contributed by atoms with van der Waals surface area (Å²) in [5, 5.41) is 0. The Morgan fingerprint density at radius 3 is 2.21 bits per heavy atom. The molecule has 0 spiro atoms. The number of hydrogen-bond donors (Lipinski definition) is 0. The lowest BCUT2D eigenvalue weighted by Crippen LogP contribution is -2.20. The summed E-state index contributed by atoms with van der Waals surface area (Å²) >= 11 is 0. The Kier molecular flexibility index (Phi) is 6.23. The van der Waals surface area contributed by atoms with Crippen LogP contribution in [0.15, 0.2) is 40.3 Å². The molecule has 0 N–H and O–H groups in total. The van der Waals surface area contributed by atoms with Crippen LogP contribution in [0.2, 0.25) is 0 Å². The molecule has 4 rings (SSSR count). The first kappa shape index (κ1) is 23.9. The van der Waals surface area contributed by atoms with Gasteiger partial charge in [-0.2, -0.15) is 0 Å². The molecule has 0 unspecified atom stereocenters. The third-order valence-electron chi connectivity index (χ3n) is 5.90. The highest BCUT2D eigenvalue weighted by atomic mass is 16.5. The van der Waals surface area contributed by atoms with Crippen LogP contribution in [-0.4, -0.2) is 51.9 Å². The van der Waals surface area contributed by atoms with Crippen molar-refractivity contribution in [2.75, 3.05) is 34.5 Å². The van der Waals surface area contributed by atoms with E-state index in [1.54, 1.807) is 21.3 Å². The highest BCUT2D eigenvalue weighted by molar-refractivity contribution is 6.04. The fourth-order valence-electron chi connectivity index (χ4n) is 4.12. The summed E-state index contributed by atoms with van der Waals surface area (Å²) in [5.41, 5.74) is 3.07. The van der Waals surface area contributed by atoms with Gasteiger partial charge in [0.05, 0.1) is 32.4 Å². The number of aliphatic imine (C=N–C) groups is 2. The summed E-state index contributed by atoms with van der Waals surface area (Å²) in [4.78, 5) is 9.68. The first-order valence-electron chi connectivity index (χ1n) is 11.4. The number of methoxy groups -OCH3 is 3. The van der Waals surface area contributed by atoms with Gasteiger partial charge in [0.25, 0.3) is 0 Å². The van der Waals surface area contributed by atoms with Gasteiger partial charge < -0.3 is 23.7 Å². The standard InChI is InChI=1S/C27H34N2O5/c1-26(2,3)25-28-20(14-33-25)16-9-10-21(31-7)18(11-16)23-19(24-29-27(4,5)15-34-24)12-17(30-6)13-22(23)32-8/h9-13,20H,14-15H2,1-8H3/t20-/m0/s1. The van der Waals surface area contributed by atoms with E-state index in [-0.39, 0.29) is 17.0 Å². The van der Waals surface area contributed by atoms with Crippen LogP contribution in [0.5, 0.6) is 17.2 Å². The molecule has 0 saturated heterocycles. The predicted molar refractivity (Wildman–Crippen MR) is 134 cm³/mol. The maximum atomic E-state index is 6.03. The van der Waals surface area contributed by atoms with Gasteiger partial charge in [0.2, 0.25) is 5.90 Å². The highest BCUT2D eigenvalue weighted by Crippen LogP contribution is 2.44. The second-order valence-corrected chi connectivity index (χ2v) is 10.2. The normalized spacial score (nSPS) is 19.1. The Morgan fingerprint density at radius 2 is 1.65 bits per heavy atom. The van der Waals surface area contributed by atoms with Crippen molar-refractivity contribution in [1.82, 2.24) is 0 Å². The quantitative estimate of drug-likeness (QED) is 0.566. The van der Waals surface area contributed by atoms with E-state index in [0.29, 0.717) is 36.4 Å². The van der Waals surface area contributed by atoms with E-state index < -0.39 is 0 Å². The third-order valence-corrected chi connectivity index (χ3v) is 5.90. The maximum Gasteiger partial charge on any atom is 0.217 e. The Labute approximate surface area is 201 Å². The number of nitrogens with zero attached hydrogens (tertiary/aromatic N) is 2. The second kappa shape index (κ2) is 8.85. The van der Waals surface area contributed by atoms with E-state index in [1.807, 2.05) is 38.1 Å². The van der Waals surface area contributed by atoms with Crippen LogP contribution < -0.4 is 14.2 Å². The van der Waals surface area contributed by atoms with Gasteiger partial charge in [-0.15, -0.1) is 0 Å². The van der Waals surface area contributed by atoms with E-state index >= 15 is 0 Å². The Morgan fingerprint density at radius 1 is 0.912 bits per heavy atom. The summed E-state index contributed by atoms with van der Waals surface area (Å²) < 4.78 is 29.1. The molecule has 0 amide bonds. The molecule has 2 aromatic rings. The molecule has 2 heterocycles. The van der Waals surface area contributed by atoms with Crippen LogP contribution in [0, 0.1) is 5.41 Å². The van der Waals surface area contributed by atoms with Crippen molar-refractivity contribution in [2.24, 2.45) is 15.4 Å². The number of benzene rings is 2. The molecule has 7 nitrogen and oxygen atoms in total. The van der Waals surface area contributed by atoms with E-state index in [0.717, 1.165) is 28.2 Å². The predicted octanol–water partition coefficient (Wildman–Crippen LogP) is 5.45. The van der Waals surface area contributed by atoms with Crippen LogP contribution in [0.3, 0.4) is 0 Å². The van der Waals surface area contributed by atoms with Gasteiger partial charge >= 0.3 is 0 Å². The van der Waals surface area contributed by atoms with E-state index in [9.17, 15) is 0 Å². The average molecular weight is 467 g/mol. The average Bonchev–Trinajstić information content (AvgIpc) is 3.44. The van der Waals surface area contributed by atoms with Crippen molar-refractivity contribution >= 4 is 11.8 Å². The van der Waals surface area contributed by atoms with Crippen molar-refractivity contribution in [1.29, 1.82) is 0 Å². The molecule has 0 fully saturated rings. The van der Waals surface area contributed by atoms with E-state index in [2.05, 4.69) is 26.8 Å². The molecule has 0 aromatic heterocycles. The van der Waals surface area contributed by atoms with Crippen LogP contribution >= 0.6 is 0 Å². The van der Waals surface area contributed by atoms with E-state index in [4.69, 9.17) is 33.7 Å². The Hall–Kier alpha value is -3.22. The van der Waals surface area contributed by atoms with Gasteiger partial charge in [0.1, 0.15) is 36.5 Å². The zero-order chi connectivity index (χ0) is 24.7. The molecule has 0 radical (unpaired) electrons. The monoisotopic (exact) mass is 466 g/mol. The summed E-state index contributed by atoms with van der Waals surface area (Å²) in [7, 11) is 4.94. The summed E-state index contributed by atoms with van der Waals surface area (Å²) in [6.45, 7) is 11.4. The van der Waals surface area contributed by atoms with Crippen LogP contribution in [0.1, 0.15) is 51.8 Å². The lowest BCUT2D eigenvalue weighted by molar-refractivity contribution is 0.279. The van der Waals surface area contributed by atoms with Gasteiger partial charge in [-0.25, -0.2) is 9.98 Å². The van der Waals surface area contributed by atoms with Gasteiger partial charge in [-0.3, -0.25) is 0 Å². The summed E-state index contributed by atoms with van der Waals surface area (Å²) in [6.07, 6.45) is 0. The first-order valence-corrected chi connectivity index (χ1v) is 11.4. The van der Waals surface area contributed by atoms with E-state index in [1.165, 1.54) is 0 Å². The molecule has 1 atom stereocenters. The second-order valence-electron chi connectivity index (χ2n) is 10.2. The molecule has 182 valence electrons. The molecule has 0 saturated carbocycles. The molecule has 2 aliphatic rings. The van der Waals surface area contributed by atoms with Crippen LogP contribution in [-0.2, 0) is 9.47 Å². The number of rotatable bonds is 6. The Bertz CT molecular complexity index is 1140. The van der Waals surface area contributed by atoms with Gasteiger partial charge in [-0.1, -0.05) is 26.8 Å². The smallest absolute Gasteiger partial charge is 0.217 e. The maximum absolute atomic E-state index is 6.03. The number of ether oxygens (including phenoxy) is 5. The fourth-order valence-corrected chi connectivity index (χ4v) is 4.12. The lowest BCUT2D eigenvalue weighted by atomic mass is 9.93. The molecular weight excluding hydrogens is 432 g/mol. The zero-order valence-corrected chi connectivity index (χ0v) is 21.3. The molecule has 2 aliphatic heterocycles. The van der Waals surface area contributed by atoms with Crippen molar-refractivity contribution in [3.63, 3.8) is 0 Å². The van der Waals surface area contributed by atoms with Crippen molar-refractivity contribution in [2.45, 2.75) is 46.2 Å². The van der Waals surface area contributed by atoms with Gasteiger partial charge in [0.15, 0.2) is 5.90 Å². The van der Waals surface area contributed by atoms with Crippen LogP contribution in [0.25, 0.3) is 11.1 Å².